The maximum absolute atomic E-state index is 11.9. The molecule has 4 nitrogen and oxygen atoms in total. The Morgan fingerprint density at radius 2 is 2.11 bits per heavy atom. The van der Waals surface area contributed by atoms with Gasteiger partial charge in [0.05, 0.1) is 6.10 Å². The molecule has 2 atom stereocenters. The molecule has 0 aromatic heterocycles. The van der Waals surface area contributed by atoms with E-state index in [0.717, 1.165) is 24.1 Å². The van der Waals surface area contributed by atoms with E-state index in [1.807, 2.05) is 31.2 Å². The third-order valence-electron chi connectivity index (χ3n) is 3.15. The van der Waals surface area contributed by atoms with Gasteiger partial charge in [-0.15, -0.1) is 0 Å². The highest BCUT2D eigenvalue weighted by Gasteiger charge is 2.27. The number of carbonyl (C=O) groups excluding carboxylic acids is 1. The molecule has 1 aromatic rings. The lowest BCUT2D eigenvalue weighted by atomic mass is 10.1. The van der Waals surface area contributed by atoms with Gasteiger partial charge in [-0.3, -0.25) is 4.79 Å². The van der Waals surface area contributed by atoms with E-state index in [2.05, 4.69) is 5.32 Å². The molecule has 1 amide bonds. The largest absolute Gasteiger partial charge is 0.396 e. The smallest absolute Gasteiger partial charge is 0.253 e. The number of ether oxygens (including phenoxy) is 1. The molecule has 1 saturated heterocycles. The van der Waals surface area contributed by atoms with Crippen LogP contribution in [0.5, 0.6) is 0 Å². The number of carbonyl (C=O) groups is 1. The van der Waals surface area contributed by atoms with Crippen LogP contribution in [-0.4, -0.2) is 29.8 Å². The van der Waals surface area contributed by atoms with Gasteiger partial charge in [0.15, 0.2) is 0 Å². The Bertz CT molecular complexity index is 402. The lowest BCUT2D eigenvalue weighted by Crippen LogP contribution is -2.27. The van der Waals surface area contributed by atoms with Gasteiger partial charge in [0, 0.05) is 12.3 Å². The van der Waals surface area contributed by atoms with Crippen LogP contribution in [0.1, 0.15) is 25.3 Å². The second kappa shape index (κ2) is 5.98. The number of aliphatic hydroxyl groups excluding tert-OH is 1. The molecule has 1 aliphatic rings. The van der Waals surface area contributed by atoms with Gasteiger partial charge >= 0.3 is 0 Å². The summed E-state index contributed by atoms with van der Waals surface area (Å²) in [4.78, 5) is 11.9. The quantitative estimate of drug-likeness (QED) is 0.854. The van der Waals surface area contributed by atoms with E-state index < -0.39 is 0 Å². The molecule has 2 N–H and O–H groups in total. The van der Waals surface area contributed by atoms with Crippen LogP contribution in [0.25, 0.3) is 0 Å². The third-order valence-corrected chi connectivity index (χ3v) is 3.15. The van der Waals surface area contributed by atoms with Gasteiger partial charge in [0.25, 0.3) is 5.91 Å². The summed E-state index contributed by atoms with van der Waals surface area (Å²) >= 11 is 0. The SMILES string of the molecule is CC1CCC(C(=O)Nc2ccc(CCO)cc2)O1. The Kier molecular flexibility index (Phi) is 4.33. The number of nitrogens with one attached hydrogen (secondary N) is 1. The number of anilines is 1. The molecule has 1 aliphatic heterocycles. The number of rotatable bonds is 4. The summed E-state index contributed by atoms with van der Waals surface area (Å²) in [5, 5.41) is 11.7. The molecule has 0 aliphatic carbocycles. The van der Waals surface area contributed by atoms with E-state index in [9.17, 15) is 4.79 Å². The fraction of sp³-hybridized carbons (Fsp3) is 0.500. The molecule has 2 rings (SSSR count). The van der Waals surface area contributed by atoms with Crippen LogP contribution < -0.4 is 5.32 Å². The number of aliphatic hydroxyl groups is 1. The van der Waals surface area contributed by atoms with Crippen molar-refractivity contribution in [1.82, 2.24) is 0 Å². The van der Waals surface area contributed by atoms with Crippen molar-refractivity contribution in [1.29, 1.82) is 0 Å². The summed E-state index contributed by atoms with van der Waals surface area (Å²) in [5.41, 5.74) is 1.83. The van der Waals surface area contributed by atoms with Crippen LogP contribution >= 0.6 is 0 Å². The Balaban J connectivity index is 1.90. The molecule has 2 unspecified atom stereocenters. The number of benzene rings is 1. The summed E-state index contributed by atoms with van der Waals surface area (Å²) in [6, 6.07) is 7.51. The van der Waals surface area contributed by atoms with Crippen molar-refractivity contribution in [3.05, 3.63) is 29.8 Å². The van der Waals surface area contributed by atoms with Gasteiger partial charge < -0.3 is 15.2 Å². The molecule has 0 radical (unpaired) electrons. The van der Waals surface area contributed by atoms with Gasteiger partial charge in [-0.25, -0.2) is 0 Å². The van der Waals surface area contributed by atoms with Crippen molar-refractivity contribution in [2.75, 3.05) is 11.9 Å². The molecule has 0 spiro atoms. The molecule has 4 heteroatoms. The Morgan fingerprint density at radius 1 is 1.39 bits per heavy atom. The van der Waals surface area contributed by atoms with E-state index in [0.29, 0.717) is 6.42 Å². The number of hydrogen-bond donors (Lipinski definition) is 2. The van der Waals surface area contributed by atoms with Crippen LogP contribution in [-0.2, 0) is 16.0 Å². The first-order chi connectivity index (χ1) is 8.69. The molecular formula is C14H19NO3. The van der Waals surface area contributed by atoms with Gasteiger partial charge in [0.1, 0.15) is 6.10 Å². The first-order valence-electron chi connectivity index (χ1n) is 6.35. The minimum Gasteiger partial charge on any atom is -0.396 e. The van der Waals surface area contributed by atoms with Crippen molar-refractivity contribution in [3.63, 3.8) is 0 Å². The van der Waals surface area contributed by atoms with E-state index in [-0.39, 0.29) is 24.7 Å². The summed E-state index contributed by atoms with van der Waals surface area (Å²) in [6.07, 6.45) is 2.21. The monoisotopic (exact) mass is 249 g/mol. The summed E-state index contributed by atoms with van der Waals surface area (Å²) in [7, 11) is 0. The van der Waals surface area contributed by atoms with E-state index in [1.165, 1.54) is 0 Å². The lowest BCUT2D eigenvalue weighted by Gasteiger charge is -2.12. The first kappa shape index (κ1) is 13.1. The Labute approximate surface area is 107 Å². The molecule has 18 heavy (non-hydrogen) atoms. The highest BCUT2D eigenvalue weighted by molar-refractivity contribution is 5.94. The van der Waals surface area contributed by atoms with Crippen LogP contribution in [0.3, 0.4) is 0 Å². The second-order valence-electron chi connectivity index (χ2n) is 4.67. The average Bonchev–Trinajstić information content (AvgIpc) is 2.79. The van der Waals surface area contributed by atoms with Crippen LogP contribution in [0, 0.1) is 0 Å². The van der Waals surface area contributed by atoms with E-state index in [1.54, 1.807) is 0 Å². The molecule has 0 saturated carbocycles. The lowest BCUT2D eigenvalue weighted by molar-refractivity contribution is -0.126. The van der Waals surface area contributed by atoms with Crippen LogP contribution in [0.15, 0.2) is 24.3 Å². The standard InChI is InChI=1S/C14H19NO3/c1-10-2-7-13(18-10)14(17)15-12-5-3-11(4-6-12)8-9-16/h3-6,10,13,16H,2,7-9H2,1H3,(H,15,17). The van der Waals surface area contributed by atoms with Crippen LogP contribution in [0.4, 0.5) is 5.69 Å². The zero-order valence-corrected chi connectivity index (χ0v) is 10.6. The molecule has 1 aromatic carbocycles. The minimum atomic E-state index is -0.322. The predicted octanol–water partition coefficient (Wildman–Crippen LogP) is 1.73. The van der Waals surface area contributed by atoms with Crippen LogP contribution in [0.2, 0.25) is 0 Å². The molecule has 0 bridgehead atoms. The summed E-state index contributed by atoms with van der Waals surface area (Å²) in [5.74, 6) is -0.0748. The van der Waals surface area contributed by atoms with Crippen molar-refractivity contribution >= 4 is 11.6 Å². The maximum atomic E-state index is 11.9. The molecular weight excluding hydrogens is 230 g/mol. The Hall–Kier alpha value is -1.39. The van der Waals surface area contributed by atoms with E-state index >= 15 is 0 Å². The number of hydrogen-bond acceptors (Lipinski definition) is 3. The zero-order chi connectivity index (χ0) is 13.0. The fourth-order valence-corrected chi connectivity index (χ4v) is 2.10. The summed E-state index contributed by atoms with van der Waals surface area (Å²) in [6.45, 7) is 2.12. The van der Waals surface area contributed by atoms with Crippen molar-refractivity contribution in [3.8, 4) is 0 Å². The van der Waals surface area contributed by atoms with Crippen molar-refractivity contribution in [2.45, 2.75) is 38.4 Å². The third kappa shape index (κ3) is 3.31. The van der Waals surface area contributed by atoms with Gasteiger partial charge in [-0.2, -0.15) is 0 Å². The van der Waals surface area contributed by atoms with Crippen molar-refractivity contribution < 1.29 is 14.6 Å². The highest BCUT2D eigenvalue weighted by Crippen LogP contribution is 2.20. The minimum absolute atomic E-state index is 0.0748. The van der Waals surface area contributed by atoms with Gasteiger partial charge in [-0.05, 0) is 43.9 Å². The van der Waals surface area contributed by atoms with Gasteiger partial charge in [0.2, 0.25) is 0 Å². The van der Waals surface area contributed by atoms with Crippen molar-refractivity contribution in [2.24, 2.45) is 0 Å². The first-order valence-corrected chi connectivity index (χ1v) is 6.35. The zero-order valence-electron chi connectivity index (χ0n) is 10.6. The molecule has 98 valence electrons. The molecule has 1 heterocycles. The second-order valence-corrected chi connectivity index (χ2v) is 4.67. The highest BCUT2D eigenvalue weighted by atomic mass is 16.5. The Morgan fingerprint density at radius 3 is 2.67 bits per heavy atom. The fourth-order valence-electron chi connectivity index (χ4n) is 2.10. The maximum Gasteiger partial charge on any atom is 0.253 e. The topological polar surface area (TPSA) is 58.6 Å². The van der Waals surface area contributed by atoms with E-state index in [4.69, 9.17) is 9.84 Å². The average molecular weight is 249 g/mol. The normalized spacial score (nSPS) is 23.0. The molecule has 1 fully saturated rings. The van der Waals surface area contributed by atoms with Gasteiger partial charge in [-0.1, -0.05) is 12.1 Å². The number of amides is 1. The summed E-state index contributed by atoms with van der Waals surface area (Å²) < 4.78 is 5.51. The predicted molar refractivity (Wildman–Crippen MR) is 69.4 cm³/mol.